The van der Waals surface area contributed by atoms with Crippen LogP contribution in [0.15, 0.2) is 48.4 Å². The molecule has 2 aromatic heterocycles. The number of hydrogen-bond donors (Lipinski definition) is 2. The van der Waals surface area contributed by atoms with E-state index in [9.17, 15) is 4.79 Å². The highest BCUT2D eigenvalue weighted by atomic mass is 16.5. The normalized spacial score (nSPS) is 19.7. The van der Waals surface area contributed by atoms with Crippen LogP contribution < -0.4 is 10.6 Å². The maximum Gasteiger partial charge on any atom is 0.262 e. The Bertz CT molecular complexity index is 968. The number of pyridine rings is 1. The van der Waals surface area contributed by atoms with Crippen molar-refractivity contribution < 1.29 is 9.53 Å². The van der Waals surface area contributed by atoms with Crippen molar-refractivity contribution in [3.05, 3.63) is 59.7 Å². The Balaban J connectivity index is 1.53. The van der Waals surface area contributed by atoms with Gasteiger partial charge in [0.15, 0.2) is 6.61 Å². The zero-order valence-electron chi connectivity index (χ0n) is 15.5. The van der Waals surface area contributed by atoms with E-state index < -0.39 is 0 Å². The highest BCUT2D eigenvalue weighted by Crippen LogP contribution is 2.31. The van der Waals surface area contributed by atoms with Crippen LogP contribution in [0.4, 0.5) is 5.82 Å². The average Bonchev–Trinajstić information content (AvgIpc) is 2.96. The molecule has 2 aromatic rings. The van der Waals surface area contributed by atoms with Gasteiger partial charge < -0.3 is 19.9 Å². The van der Waals surface area contributed by atoms with Crippen molar-refractivity contribution in [2.75, 3.05) is 18.5 Å². The Kier molecular flexibility index (Phi) is 4.71. The summed E-state index contributed by atoms with van der Waals surface area (Å²) in [6.45, 7) is 4.23. The predicted octanol–water partition coefficient (Wildman–Crippen LogP) is 2.96. The smallest absolute Gasteiger partial charge is 0.262 e. The number of nitrogens with one attached hydrogen (secondary N) is 2. The molecule has 0 aromatic carbocycles. The molecule has 140 valence electrons. The van der Waals surface area contributed by atoms with Gasteiger partial charge in [0, 0.05) is 24.7 Å². The minimum atomic E-state index is -0.156. The van der Waals surface area contributed by atoms with Gasteiger partial charge in [0.1, 0.15) is 17.2 Å². The largest absolute Gasteiger partial charge is 0.482 e. The molecule has 27 heavy (non-hydrogen) atoms. The second kappa shape index (κ2) is 7.31. The van der Waals surface area contributed by atoms with E-state index >= 15 is 0 Å². The van der Waals surface area contributed by atoms with E-state index in [0.717, 1.165) is 24.3 Å². The first-order chi connectivity index (χ1) is 13.2. The fourth-order valence-corrected chi connectivity index (χ4v) is 3.84. The maximum absolute atomic E-state index is 11.6. The van der Waals surface area contributed by atoms with Crippen LogP contribution in [0.25, 0.3) is 11.0 Å². The van der Waals surface area contributed by atoms with Crippen molar-refractivity contribution in [3.8, 4) is 0 Å². The molecule has 2 aliphatic rings. The molecular weight excluding hydrogens is 340 g/mol. The Labute approximate surface area is 158 Å². The van der Waals surface area contributed by atoms with Crippen LogP contribution in [-0.4, -0.2) is 28.6 Å². The summed E-state index contributed by atoms with van der Waals surface area (Å²) in [4.78, 5) is 16.4. The number of carbonyl (C=O) groups is 1. The Morgan fingerprint density at radius 2 is 2.22 bits per heavy atom. The average molecular weight is 364 g/mol. The number of aryl methyl sites for hydroxylation is 2. The lowest BCUT2D eigenvalue weighted by molar-refractivity contribution is -0.125. The maximum atomic E-state index is 11.6. The number of morpholine rings is 1. The van der Waals surface area contributed by atoms with E-state index in [1.54, 1.807) is 12.2 Å². The van der Waals surface area contributed by atoms with Gasteiger partial charge in [0.05, 0.1) is 5.70 Å². The Morgan fingerprint density at radius 1 is 1.37 bits per heavy atom. The van der Waals surface area contributed by atoms with Crippen molar-refractivity contribution in [1.29, 1.82) is 0 Å². The second-order valence-corrected chi connectivity index (χ2v) is 6.86. The fraction of sp³-hybridized carbons (Fsp3) is 0.333. The summed E-state index contributed by atoms with van der Waals surface area (Å²) in [5.74, 6) is 1.27. The number of rotatable bonds is 4. The topological polar surface area (TPSA) is 68.2 Å². The number of anilines is 1. The quantitative estimate of drug-likeness (QED) is 0.875. The monoisotopic (exact) mass is 364 g/mol. The zero-order valence-corrected chi connectivity index (χ0v) is 15.5. The first-order valence-corrected chi connectivity index (χ1v) is 9.34. The summed E-state index contributed by atoms with van der Waals surface area (Å²) < 4.78 is 7.66. The van der Waals surface area contributed by atoms with Gasteiger partial charge in [-0.2, -0.15) is 0 Å². The minimum absolute atomic E-state index is 0.0286. The van der Waals surface area contributed by atoms with Crippen LogP contribution in [0.5, 0.6) is 0 Å². The molecule has 0 radical (unpaired) electrons. The Morgan fingerprint density at radius 3 is 3.07 bits per heavy atom. The highest BCUT2D eigenvalue weighted by Gasteiger charge is 2.19. The zero-order chi connectivity index (χ0) is 18.8. The predicted molar refractivity (Wildman–Crippen MR) is 106 cm³/mol. The number of fused-ring (bicyclic) bond motifs is 3. The van der Waals surface area contributed by atoms with Crippen molar-refractivity contribution >= 4 is 22.8 Å². The molecule has 6 heteroatoms. The third kappa shape index (κ3) is 3.35. The number of ether oxygens (including phenoxy) is 1. The van der Waals surface area contributed by atoms with Crippen molar-refractivity contribution in [1.82, 2.24) is 14.9 Å². The molecule has 3 heterocycles. The summed E-state index contributed by atoms with van der Waals surface area (Å²) >= 11 is 0. The SMILES string of the molecule is C=C/C=C1/OCC(=O)N/C1=C/CNc1ccc2c3c(n(C)c2n1)CCCC3. The molecule has 2 N–H and O–H groups in total. The standard InChI is InChI=1S/C21H24N4O2/c1-3-6-18-16(23-20(26)13-27-18)11-12-22-19-10-9-15-14-7-4-5-8-17(14)25(2)21(15)24-19/h3,6,9-11H,1,4-5,7-8,12-13H2,2H3,(H,22,24)(H,23,26)/b16-11+,18-6+. The van der Waals surface area contributed by atoms with Crippen LogP contribution in [0, 0.1) is 0 Å². The second-order valence-electron chi connectivity index (χ2n) is 6.86. The molecule has 0 saturated carbocycles. The molecule has 1 fully saturated rings. The van der Waals surface area contributed by atoms with Crippen LogP contribution in [0.3, 0.4) is 0 Å². The molecular formula is C21H24N4O2. The van der Waals surface area contributed by atoms with Crippen molar-refractivity contribution in [3.63, 3.8) is 0 Å². The van der Waals surface area contributed by atoms with E-state index in [1.165, 1.54) is 29.5 Å². The number of amides is 1. The molecule has 0 atom stereocenters. The highest BCUT2D eigenvalue weighted by molar-refractivity contribution is 5.84. The van der Waals surface area contributed by atoms with Gasteiger partial charge in [-0.05, 0) is 55.5 Å². The van der Waals surface area contributed by atoms with Gasteiger partial charge in [0.25, 0.3) is 5.91 Å². The van der Waals surface area contributed by atoms with Gasteiger partial charge in [-0.25, -0.2) is 4.98 Å². The molecule has 6 nitrogen and oxygen atoms in total. The number of allylic oxidation sites excluding steroid dienone is 2. The van der Waals surface area contributed by atoms with Crippen molar-refractivity contribution in [2.45, 2.75) is 25.7 Å². The third-order valence-corrected chi connectivity index (χ3v) is 5.12. The van der Waals surface area contributed by atoms with E-state index in [-0.39, 0.29) is 12.5 Å². The van der Waals surface area contributed by atoms with E-state index in [2.05, 4.69) is 34.9 Å². The Hall–Kier alpha value is -3.02. The number of aromatic nitrogens is 2. The van der Waals surface area contributed by atoms with Crippen LogP contribution in [-0.2, 0) is 29.4 Å². The third-order valence-electron chi connectivity index (χ3n) is 5.12. The molecule has 0 unspecified atom stereocenters. The lowest BCUT2D eigenvalue weighted by Gasteiger charge is -2.20. The first kappa shape index (κ1) is 17.4. The molecule has 1 saturated heterocycles. The molecule has 0 spiro atoms. The summed E-state index contributed by atoms with van der Waals surface area (Å²) in [6, 6.07) is 4.18. The van der Waals surface area contributed by atoms with E-state index in [1.807, 2.05) is 12.1 Å². The van der Waals surface area contributed by atoms with Gasteiger partial charge in [0.2, 0.25) is 0 Å². The first-order valence-electron chi connectivity index (χ1n) is 9.34. The summed E-state index contributed by atoms with van der Waals surface area (Å²) in [5.41, 5.74) is 4.56. The minimum Gasteiger partial charge on any atom is -0.482 e. The van der Waals surface area contributed by atoms with Gasteiger partial charge in [-0.3, -0.25) is 4.79 Å². The van der Waals surface area contributed by atoms with Gasteiger partial charge >= 0.3 is 0 Å². The van der Waals surface area contributed by atoms with Crippen molar-refractivity contribution in [2.24, 2.45) is 7.05 Å². The van der Waals surface area contributed by atoms with E-state index in [4.69, 9.17) is 9.72 Å². The molecule has 1 amide bonds. The lowest BCUT2D eigenvalue weighted by Crippen LogP contribution is -2.34. The summed E-state index contributed by atoms with van der Waals surface area (Å²) in [5, 5.41) is 7.40. The summed E-state index contributed by atoms with van der Waals surface area (Å²) in [7, 11) is 2.10. The summed E-state index contributed by atoms with van der Waals surface area (Å²) in [6.07, 6.45) is 10.1. The number of carbonyl (C=O) groups excluding carboxylic acids is 1. The van der Waals surface area contributed by atoms with Crippen LogP contribution in [0.1, 0.15) is 24.1 Å². The molecule has 1 aliphatic carbocycles. The van der Waals surface area contributed by atoms with Gasteiger partial charge in [-0.15, -0.1) is 0 Å². The number of nitrogens with zero attached hydrogens (tertiary/aromatic N) is 2. The van der Waals surface area contributed by atoms with Gasteiger partial charge in [-0.1, -0.05) is 12.7 Å². The molecule has 0 bridgehead atoms. The van der Waals surface area contributed by atoms with Crippen LogP contribution in [0.2, 0.25) is 0 Å². The fourth-order valence-electron chi connectivity index (χ4n) is 3.84. The lowest BCUT2D eigenvalue weighted by atomic mass is 9.96. The molecule has 4 rings (SSSR count). The van der Waals surface area contributed by atoms with Crippen LogP contribution >= 0.6 is 0 Å². The molecule has 1 aliphatic heterocycles. The van der Waals surface area contributed by atoms with E-state index in [0.29, 0.717) is 18.0 Å². The number of hydrogen-bond acceptors (Lipinski definition) is 4.